The zero-order valence-corrected chi connectivity index (χ0v) is 11.8. The van der Waals surface area contributed by atoms with E-state index in [1.165, 1.54) is 32.5 Å². The Morgan fingerprint density at radius 1 is 1.31 bits per heavy atom. The molecule has 0 amide bonds. The van der Waals surface area contributed by atoms with Crippen molar-refractivity contribution in [1.82, 2.24) is 10.2 Å². The predicted octanol–water partition coefficient (Wildman–Crippen LogP) is 2.74. The van der Waals surface area contributed by atoms with E-state index in [0.29, 0.717) is 11.5 Å². The summed E-state index contributed by atoms with van der Waals surface area (Å²) < 4.78 is 0. The van der Waals surface area contributed by atoms with Gasteiger partial charge in [-0.1, -0.05) is 34.6 Å². The minimum absolute atomic E-state index is 0.403. The third kappa shape index (κ3) is 5.86. The summed E-state index contributed by atoms with van der Waals surface area (Å²) >= 11 is 0. The van der Waals surface area contributed by atoms with Crippen molar-refractivity contribution in [2.45, 2.75) is 53.5 Å². The molecule has 0 aromatic heterocycles. The first-order valence-corrected chi connectivity index (χ1v) is 6.82. The fourth-order valence-corrected chi connectivity index (χ4v) is 2.35. The van der Waals surface area contributed by atoms with E-state index in [-0.39, 0.29) is 0 Å². The van der Waals surface area contributed by atoms with Crippen LogP contribution in [0.3, 0.4) is 0 Å². The summed E-state index contributed by atoms with van der Waals surface area (Å²) in [6.07, 6.45) is 2.71. The normalized spacial score (nSPS) is 24.0. The van der Waals surface area contributed by atoms with E-state index in [0.717, 1.165) is 12.5 Å². The topological polar surface area (TPSA) is 15.3 Å². The van der Waals surface area contributed by atoms with E-state index >= 15 is 0 Å². The molecule has 1 N–H and O–H groups in total. The van der Waals surface area contributed by atoms with Gasteiger partial charge >= 0.3 is 0 Å². The van der Waals surface area contributed by atoms with Crippen molar-refractivity contribution in [3.63, 3.8) is 0 Å². The van der Waals surface area contributed by atoms with E-state index in [4.69, 9.17) is 0 Å². The Labute approximate surface area is 102 Å². The highest BCUT2D eigenvalue weighted by molar-refractivity contribution is 4.80. The Morgan fingerprint density at radius 3 is 2.56 bits per heavy atom. The molecule has 1 heterocycles. The Bertz CT molecular complexity index is 193. The van der Waals surface area contributed by atoms with Gasteiger partial charge in [0.05, 0.1) is 0 Å². The maximum atomic E-state index is 3.72. The van der Waals surface area contributed by atoms with Crippen LogP contribution in [-0.2, 0) is 0 Å². The zero-order valence-electron chi connectivity index (χ0n) is 11.8. The molecule has 0 aromatic rings. The summed E-state index contributed by atoms with van der Waals surface area (Å²) in [5.74, 6) is 0.793. The number of rotatable bonds is 4. The molecule has 1 unspecified atom stereocenters. The lowest BCUT2D eigenvalue weighted by atomic mass is 9.95. The largest absolute Gasteiger partial charge is 0.312 e. The number of hydrogen-bond donors (Lipinski definition) is 1. The average molecular weight is 226 g/mol. The second-order valence-electron chi connectivity index (χ2n) is 6.93. The number of nitrogens with zero attached hydrogens (tertiary/aromatic N) is 1. The standard InChI is InChI=1S/C14H30N2/c1-12(2)9-16-8-6-7-13(10-16)15-11-14(3,4)5/h12-13,15H,6-11H2,1-5H3. The molecule has 1 fully saturated rings. The van der Waals surface area contributed by atoms with Crippen LogP contribution in [0.5, 0.6) is 0 Å². The Balaban J connectivity index is 2.27. The van der Waals surface area contributed by atoms with Crippen LogP contribution in [0.4, 0.5) is 0 Å². The van der Waals surface area contributed by atoms with Gasteiger partial charge in [0, 0.05) is 25.7 Å². The third-order valence-corrected chi connectivity index (χ3v) is 3.05. The Kier molecular flexibility index (Phi) is 5.26. The van der Waals surface area contributed by atoms with Crippen LogP contribution in [0, 0.1) is 11.3 Å². The van der Waals surface area contributed by atoms with Gasteiger partial charge in [-0.15, -0.1) is 0 Å². The summed E-state index contributed by atoms with van der Waals surface area (Å²) in [6.45, 7) is 16.5. The van der Waals surface area contributed by atoms with Crippen LogP contribution in [0.2, 0.25) is 0 Å². The lowest BCUT2D eigenvalue weighted by molar-refractivity contribution is 0.166. The molecule has 96 valence electrons. The molecule has 0 aromatic carbocycles. The fourth-order valence-electron chi connectivity index (χ4n) is 2.35. The molecular weight excluding hydrogens is 196 g/mol. The first-order chi connectivity index (χ1) is 7.37. The quantitative estimate of drug-likeness (QED) is 0.793. The molecule has 16 heavy (non-hydrogen) atoms. The van der Waals surface area contributed by atoms with Crippen molar-refractivity contribution < 1.29 is 0 Å². The van der Waals surface area contributed by atoms with Crippen molar-refractivity contribution in [1.29, 1.82) is 0 Å². The van der Waals surface area contributed by atoms with Gasteiger partial charge in [0.25, 0.3) is 0 Å². The van der Waals surface area contributed by atoms with Crippen molar-refractivity contribution >= 4 is 0 Å². The van der Waals surface area contributed by atoms with Crippen LogP contribution in [0.15, 0.2) is 0 Å². The van der Waals surface area contributed by atoms with Gasteiger partial charge in [-0.05, 0) is 30.7 Å². The number of nitrogens with one attached hydrogen (secondary N) is 1. The van der Waals surface area contributed by atoms with Crippen LogP contribution < -0.4 is 5.32 Å². The lowest BCUT2D eigenvalue weighted by Crippen LogP contribution is -2.48. The molecule has 1 rings (SSSR count). The Hall–Kier alpha value is -0.0800. The van der Waals surface area contributed by atoms with Gasteiger partial charge in [0.1, 0.15) is 0 Å². The van der Waals surface area contributed by atoms with E-state index in [1.54, 1.807) is 0 Å². The molecule has 1 aliphatic heterocycles. The second kappa shape index (κ2) is 6.02. The van der Waals surface area contributed by atoms with E-state index < -0.39 is 0 Å². The summed E-state index contributed by atoms with van der Waals surface area (Å²) in [4.78, 5) is 2.62. The highest BCUT2D eigenvalue weighted by atomic mass is 15.2. The first kappa shape index (κ1) is 14.0. The van der Waals surface area contributed by atoms with Gasteiger partial charge in [-0.25, -0.2) is 0 Å². The van der Waals surface area contributed by atoms with E-state index in [2.05, 4.69) is 44.8 Å². The number of likely N-dealkylation sites (tertiary alicyclic amines) is 1. The van der Waals surface area contributed by atoms with E-state index in [9.17, 15) is 0 Å². The summed E-state index contributed by atoms with van der Waals surface area (Å²) in [6, 6.07) is 0.715. The van der Waals surface area contributed by atoms with Crippen molar-refractivity contribution in [3.05, 3.63) is 0 Å². The molecule has 0 spiro atoms. The molecule has 0 saturated carbocycles. The SMILES string of the molecule is CC(C)CN1CCCC(NCC(C)(C)C)C1. The lowest BCUT2D eigenvalue weighted by Gasteiger charge is -2.35. The number of piperidine rings is 1. The van der Waals surface area contributed by atoms with Gasteiger partial charge in [-0.2, -0.15) is 0 Å². The molecule has 0 radical (unpaired) electrons. The third-order valence-electron chi connectivity index (χ3n) is 3.05. The van der Waals surface area contributed by atoms with Crippen molar-refractivity contribution in [3.8, 4) is 0 Å². The van der Waals surface area contributed by atoms with Gasteiger partial charge < -0.3 is 10.2 Å². The predicted molar refractivity (Wildman–Crippen MR) is 71.8 cm³/mol. The summed E-state index contributed by atoms with van der Waals surface area (Å²) in [7, 11) is 0. The van der Waals surface area contributed by atoms with Crippen LogP contribution >= 0.6 is 0 Å². The first-order valence-electron chi connectivity index (χ1n) is 6.82. The Morgan fingerprint density at radius 2 is 2.00 bits per heavy atom. The highest BCUT2D eigenvalue weighted by Gasteiger charge is 2.21. The molecule has 2 heteroatoms. The molecule has 2 nitrogen and oxygen atoms in total. The maximum absolute atomic E-state index is 3.72. The smallest absolute Gasteiger partial charge is 0.0195 e. The molecular formula is C14H30N2. The fraction of sp³-hybridized carbons (Fsp3) is 1.00. The van der Waals surface area contributed by atoms with Crippen LogP contribution in [-0.4, -0.2) is 37.1 Å². The van der Waals surface area contributed by atoms with E-state index in [1.807, 2.05) is 0 Å². The zero-order chi connectivity index (χ0) is 12.2. The second-order valence-corrected chi connectivity index (χ2v) is 6.93. The monoisotopic (exact) mass is 226 g/mol. The van der Waals surface area contributed by atoms with Gasteiger partial charge in [-0.3, -0.25) is 0 Å². The van der Waals surface area contributed by atoms with Crippen LogP contribution in [0.1, 0.15) is 47.5 Å². The van der Waals surface area contributed by atoms with Gasteiger partial charge in [0.15, 0.2) is 0 Å². The molecule has 0 aliphatic carbocycles. The maximum Gasteiger partial charge on any atom is 0.0195 e. The highest BCUT2D eigenvalue weighted by Crippen LogP contribution is 2.15. The van der Waals surface area contributed by atoms with Crippen molar-refractivity contribution in [2.75, 3.05) is 26.2 Å². The molecule has 1 atom stereocenters. The molecule has 0 bridgehead atoms. The molecule has 1 aliphatic rings. The molecule has 1 saturated heterocycles. The minimum atomic E-state index is 0.403. The number of hydrogen-bond acceptors (Lipinski definition) is 2. The van der Waals surface area contributed by atoms with Crippen LogP contribution in [0.25, 0.3) is 0 Å². The average Bonchev–Trinajstić information content (AvgIpc) is 2.13. The van der Waals surface area contributed by atoms with Gasteiger partial charge in [0.2, 0.25) is 0 Å². The summed E-state index contributed by atoms with van der Waals surface area (Å²) in [5.41, 5.74) is 0.403. The minimum Gasteiger partial charge on any atom is -0.312 e. The summed E-state index contributed by atoms with van der Waals surface area (Å²) in [5, 5.41) is 3.72. The van der Waals surface area contributed by atoms with Crippen molar-refractivity contribution in [2.24, 2.45) is 11.3 Å².